The number of nitrogens with zero attached hydrogens (tertiary/aromatic N) is 7. The highest BCUT2D eigenvalue weighted by Crippen LogP contribution is 2.43. The summed E-state index contributed by atoms with van der Waals surface area (Å²) >= 11 is 0. The van der Waals surface area contributed by atoms with Crippen molar-refractivity contribution in [1.29, 1.82) is 5.26 Å². The fraction of sp³-hybridized carbons (Fsp3) is 0.484. The molecule has 1 aromatic carbocycles. The highest BCUT2D eigenvalue weighted by atomic mass is 19.4. The second-order valence-electron chi connectivity index (χ2n) is 11.7. The number of fused-ring (bicyclic) bond motifs is 2. The number of piperazine rings is 1. The number of aromatic nitrogens is 3. The summed E-state index contributed by atoms with van der Waals surface area (Å²) in [5.74, 6) is 0.103. The molecule has 0 saturated carbocycles. The summed E-state index contributed by atoms with van der Waals surface area (Å²) < 4.78 is 48.3. The molecule has 1 N–H and O–H groups in total. The molecule has 232 valence electrons. The molecule has 1 atom stereocenters. The minimum absolute atomic E-state index is 0.0403. The quantitative estimate of drug-likeness (QED) is 0.419. The van der Waals surface area contributed by atoms with Gasteiger partial charge in [-0.25, -0.2) is 4.98 Å². The molecule has 0 spiro atoms. The largest absolute Gasteiger partial charge is 0.475 e. The van der Waals surface area contributed by atoms with Crippen LogP contribution in [0.2, 0.25) is 0 Å². The Balaban J connectivity index is 1.41. The van der Waals surface area contributed by atoms with Crippen molar-refractivity contribution in [3.8, 4) is 11.9 Å². The Morgan fingerprint density at radius 1 is 1.18 bits per heavy atom. The SMILES string of the molecule is C=CC(=O)N1CCN(c2c(C#N)c(OCC3CCCN3C)nc3c2CCN(c2c(C)ccc4n[nH]c(C(F)(F)F)c24)C3)CC1. The number of rotatable bonds is 6. The number of amides is 1. The van der Waals surface area contributed by atoms with Crippen LogP contribution in [0.1, 0.15) is 40.9 Å². The van der Waals surface area contributed by atoms with Crippen molar-refractivity contribution in [2.45, 2.75) is 44.9 Å². The summed E-state index contributed by atoms with van der Waals surface area (Å²) in [6, 6.07) is 5.93. The predicted octanol–water partition coefficient (Wildman–Crippen LogP) is 4.03. The van der Waals surface area contributed by atoms with Crippen molar-refractivity contribution >= 4 is 28.2 Å². The lowest BCUT2D eigenvalue weighted by Gasteiger charge is -2.39. The Morgan fingerprint density at radius 2 is 1.95 bits per heavy atom. The predicted molar refractivity (Wildman–Crippen MR) is 160 cm³/mol. The van der Waals surface area contributed by atoms with Crippen molar-refractivity contribution in [3.63, 3.8) is 0 Å². The van der Waals surface area contributed by atoms with E-state index in [0.717, 1.165) is 30.6 Å². The van der Waals surface area contributed by atoms with E-state index in [4.69, 9.17) is 9.72 Å². The second kappa shape index (κ2) is 11.6. The number of hydrogen-bond donors (Lipinski definition) is 1. The molecular formula is C31H35F3N8O2. The van der Waals surface area contributed by atoms with Gasteiger partial charge in [-0.05, 0) is 57.5 Å². The number of anilines is 2. The maximum absolute atomic E-state index is 14.0. The number of hydrogen-bond acceptors (Lipinski definition) is 8. The minimum Gasteiger partial charge on any atom is -0.475 e. The van der Waals surface area contributed by atoms with Gasteiger partial charge in [0.1, 0.15) is 23.9 Å². The summed E-state index contributed by atoms with van der Waals surface area (Å²) in [4.78, 5) is 25.1. The molecule has 2 saturated heterocycles. The van der Waals surface area contributed by atoms with E-state index < -0.39 is 11.9 Å². The van der Waals surface area contributed by atoms with Gasteiger partial charge >= 0.3 is 6.18 Å². The third kappa shape index (κ3) is 5.32. The van der Waals surface area contributed by atoms with Crippen LogP contribution in [0.5, 0.6) is 5.88 Å². The molecular weight excluding hydrogens is 573 g/mol. The molecule has 10 nitrogen and oxygen atoms in total. The number of likely N-dealkylation sites (tertiary alicyclic amines) is 1. The van der Waals surface area contributed by atoms with Gasteiger partial charge in [-0.3, -0.25) is 9.89 Å². The first kappa shape index (κ1) is 29.7. The molecule has 0 radical (unpaired) electrons. The second-order valence-corrected chi connectivity index (χ2v) is 11.7. The van der Waals surface area contributed by atoms with Crippen molar-refractivity contribution in [2.24, 2.45) is 0 Å². The summed E-state index contributed by atoms with van der Waals surface area (Å²) in [5.41, 5.74) is 3.19. The number of pyridine rings is 1. The molecule has 0 aliphatic carbocycles. The number of carbonyl (C=O) groups is 1. The number of nitrogens with one attached hydrogen (secondary N) is 1. The van der Waals surface area contributed by atoms with Gasteiger partial charge in [0, 0.05) is 44.3 Å². The zero-order valence-corrected chi connectivity index (χ0v) is 24.9. The molecule has 3 aromatic rings. The van der Waals surface area contributed by atoms with Crippen molar-refractivity contribution in [3.05, 3.63) is 52.9 Å². The monoisotopic (exact) mass is 608 g/mol. The van der Waals surface area contributed by atoms with E-state index in [1.807, 2.05) is 11.9 Å². The molecule has 6 rings (SSSR count). The first-order valence-corrected chi connectivity index (χ1v) is 14.9. The number of alkyl halides is 3. The van der Waals surface area contributed by atoms with Crippen LogP contribution >= 0.6 is 0 Å². The number of likely N-dealkylation sites (N-methyl/N-ethyl adjacent to an activating group) is 1. The Bertz CT molecular complexity index is 1640. The number of halogens is 3. The van der Waals surface area contributed by atoms with Gasteiger partial charge in [0.05, 0.1) is 34.5 Å². The van der Waals surface area contributed by atoms with E-state index in [2.05, 4.69) is 32.6 Å². The molecule has 1 unspecified atom stereocenters. The highest BCUT2D eigenvalue weighted by molar-refractivity contribution is 5.96. The number of ether oxygens (including phenoxy) is 1. The smallest absolute Gasteiger partial charge is 0.433 e. The van der Waals surface area contributed by atoms with Gasteiger partial charge in [-0.1, -0.05) is 12.6 Å². The third-order valence-electron chi connectivity index (χ3n) is 9.07. The number of aryl methyl sites for hydroxylation is 1. The maximum Gasteiger partial charge on any atom is 0.433 e. The Kier molecular flexibility index (Phi) is 7.88. The Labute approximate surface area is 253 Å². The molecule has 2 fully saturated rings. The van der Waals surface area contributed by atoms with Crippen LogP contribution < -0.4 is 14.5 Å². The molecule has 0 bridgehead atoms. The van der Waals surface area contributed by atoms with E-state index in [-0.39, 0.29) is 35.3 Å². The molecule has 2 aromatic heterocycles. The number of carbonyl (C=O) groups excluding carboxylic acids is 1. The third-order valence-corrected chi connectivity index (χ3v) is 9.07. The van der Waals surface area contributed by atoms with Gasteiger partial charge in [0.25, 0.3) is 0 Å². The molecule has 1 amide bonds. The normalized spacial score (nSPS) is 19.3. The summed E-state index contributed by atoms with van der Waals surface area (Å²) in [6.07, 6.45) is -0.767. The van der Waals surface area contributed by atoms with Gasteiger partial charge in [0.15, 0.2) is 0 Å². The Hall–Kier alpha value is -4.31. The highest BCUT2D eigenvalue weighted by Gasteiger charge is 2.38. The van der Waals surface area contributed by atoms with Crippen molar-refractivity contribution in [1.82, 2.24) is 25.0 Å². The number of benzene rings is 1. The van der Waals surface area contributed by atoms with Crippen LogP contribution in [0, 0.1) is 18.3 Å². The standard InChI is InChI=1S/C31H35F3N8O2/c1-4-25(43)40-12-14-41(15-13-40)28-21-9-11-42(27-19(2)7-8-23-26(27)29(38-37-23)31(32,33)34)17-24(21)36-30(22(28)16-35)44-18-20-6-5-10-39(20)3/h4,7-8,20H,1,5-6,9-15,17-18H2,2-3H3,(H,37,38). The molecule has 5 heterocycles. The molecule has 3 aliphatic heterocycles. The number of aromatic amines is 1. The fourth-order valence-electron chi connectivity index (χ4n) is 6.73. The van der Waals surface area contributed by atoms with E-state index in [9.17, 15) is 23.2 Å². The number of H-pyrrole nitrogens is 1. The molecule has 13 heteroatoms. The van der Waals surface area contributed by atoms with E-state index >= 15 is 0 Å². The van der Waals surface area contributed by atoms with E-state index in [1.54, 1.807) is 24.0 Å². The summed E-state index contributed by atoms with van der Waals surface area (Å²) in [6.45, 7) is 9.40. The van der Waals surface area contributed by atoms with Gasteiger partial charge in [0.2, 0.25) is 11.8 Å². The summed E-state index contributed by atoms with van der Waals surface area (Å²) in [7, 11) is 2.05. The lowest BCUT2D eigenvalue weighted by atomic mass is 9.96. The minimum atomic E-state index is -4.60. The van der Waals surface area contributed by atoms with Crippen LogP contribution in [0.4, 0.5) is 24.5 Å². The fourth-order valence-corrected chi connectivity index (χ4v) is 6.73. The average molecular weight is 609 g/mol. The van der Waals surface area contributed by atoms with Gasteiger partial charge in [-0.2, -0.15) is 23.5 Å². The lowest BCUT2D eigenvalue weighted by molar-refractivity contribution is -0.140. The molecule has 44 heavy (non-hydrogen) atoms. The van der Waals surface area contributed by atoms with Crippen molar-refractivity contribution < 1.29 is 22.7 Å². The van der Waals surface area contributed by atoms with E-state index in [1.165, 1.54) is 6.08 Å². The lowest BCUT2D eigenvalue weighted by Crippen LogP contribution is -2.49. The van der Waals surface area contributed by atoms with Gasteiger partial charge in [-0.15, -0.1) is 0 Å². The average Bonchev–Trinajstić information content (AvgIpc) is 3.64. The molecule has 3 aliphatic rings. The zero-order valence-electron chi connectivity index (χ0n) is 24.9. The Morgan fingerprint density at radius 3 is 2.61 bits per heavy atom. The first-order valence-electron chi connectivity index (χ1n) is 14.9. The summed E-state index contributed by atoms with van der Waals surface area (Å²) in [5, 5.41) is 16.6. The van der Waals surface area contributed by atoms with Crippen LogP contribution in [0.3, 0.4) is 0 Å². The van der Waals surface area contributed by atoms with Gasteiger partial charge < -0.3 is 24.3 Å². The van der Waals surface area contributed by atoms with Crippen LogP contribution in [-0.4, -0.2) is 89.9 Å². The number of nitriles is 1. The van der Waals surface area contributed by atoms with E-state index in [0.29, 0.717) is 68.3 Å². The van der Waals surface area contributed by atoms with Crippen LogP contribution in [0.25, 0.3) is 10.9 Å². The van der Waals surface area contributed by atoms with Crippen LogP contribution in [0.15, 0.2) is 24.8 Å². The van der Waals surface area contributed by atoms with Crippen molar-refractivity contribution in [2.75, 3.05) is 62.7 Å². The first-order chi connectivity index (χ1) is 21.1. The topological polar surface area (TPSA) is 105 Å². The maximum atomic E-state index is 14.0. The zero-order chi connectivity index (χ0) is 31.2. The van der Waals surface area contributed by atoms with Crippen LogP contribution in [-0.2, 0) is 23.9 Å².